The van der Waals surface area contributed by atoms with E-state index in [-0.39, 0.29) is 23.8 Å². The van der Waals surface area contributed by atoms with Crippen LogP contribution in [-0.2, 0) is 9.59 Å². The van der Waals surface area contributed by atoms with Crippen LogP contribution in [0.15, 0.2) is 30.3 Å². The molecule has 4 amide bonds. The Hall–Kier alpha value is -2.37. The molecule has 1 N–H and O–H groups in total. The zero-order valence-electron chi connectivity index (χ0n) is 17.3. The summed E-state index contributed by atoms with van der Waals surface area (Å²) in [6.45, 7) is 8.80. The summed E-state index contributed by atoms with van der Waals surface area (Å²) in [5.74, 6) is 0.0344. The van der Waals surface area contributed by atoms with E-state index in [1.165, 1.54) is 0 Å². The molecule has 0 unspecified atom stereocenters. The third kappa shape index (κ3) is 3.77. The van der Waals surface area contributed by atoms with Gasteiger partial charge in [0, 0.05) is 12.2 Å². The van der Waals surface area contributed by atoms with Crippen LogP contribution in [-0.4, -0.2) is 41.4 Å². The van der Waals surface area contributed by atoms with E-state index in [1.54, 1.807) is 4.90 Å². The van der Waals surface area contributed by atoms with Crippen LogP contribution < -0.4 is 10.2 Å². The summed E-state index contributed by atoms with van der Waals surface area (Å²) >= 11 is 0. The van der Waals surface area contributed by atoms with E-state index in [0.717, 1.165) is 23.4 Å². The number of anilines is 1. The van der Waals surface area contributed by atoms with Crippen molar-refractivity contribution in [2.75, 3.05) is 18.0 Å². The molecular weight excluding hydrogens is 354 g/mol. The largest absolute Gasteiger partial charge is 0.325 e. The first kappa shape index (κ1) is 20.4. The lowest BCUT2D eigenvalue weighted by molar-refractivity contribution is -0.135. The van der Waals surface area contributed by atoms with Gasteiger partial charge in [-0.25, -0.2) is 4.79 Å². The number of urea groups is 1. The van der Waals surface area contributed by atoms with E-state index in [1.807, 2.05) is 37.3 Å². The van der Waals surface area contributed by atoms with Gasteiger partial charge >= 0.3 is 6.03 Å². The standard InChI is InChI=1S/C22H31N3O3/c1-5-24(17-9-7-6-8-10-17)18(26)15-25-19(27)22(23-20(25)28)13-11-16(12-14-22)21(2,3)4/h6-10,16H,5,11-15H2,1-4H3,(H,23,28). The number of likely N-dealkylation sites (N-methyl/N-ethyl adjacent to an activating group) is 1. The fourth-order valence-electron chi connectivity index (χ4n) is 4.47. The normalized spacial score (nSPS) is 25.1. The summed E-state index contributed by atoms with van der Waals surface area (Å²) in [6, 6.07) is 8.86. The molecule has 152 valence electrons. The van der Waals surface area contributed by atoms with E-state index >= 15 is 0 Å². The number of para-hydroxylation sites is 1. The number of carbonyl (C=O) groups is 3. The number of nitrogens with one attached hydrogen (secondary N) is 1. The number of carbonyl (C=O) groups excluding carboxylic acids is 3. The molecule has 0 bridgehead atoms. The highest BCUT2D eigenvalue weighted by molar-refractivity contribution is 6.10. The van der Waals surface area contributed by atoms with Gasteiger partial charge in [-0.05, 0) is 56.1 Å². The summed E-state index contributed by atoms with van der Waals surface area (Å²) in [4.78, 5) is 41.2. The second kappa shape index (κ2) is 7.57. The zero-order valence-corrected chi connectivity index (χ0v) is 17.3. The summed E-state index contributed by atoms with van der Waals surface area (Å²) in [6.07, 6.45) is 3.09. The molecule has 1 aliphatic heterocycles. The number of benzene rings is 1. The summed E-state index contributed by atoms with van der Waals surface area (Å²) in [7, 11) is 0. The van der Waals surface area contributed by atoms with Gasteiger partial charge in [-0.15, -0.1) is 0 Å². The van der Waals surface area contributed by atoms with E-state index < -0.39 is 11.6 Å². The van der Waals surface area contributed by atoms with Crippen molar-refractivity contribution in [3.63, 3.8) is 0 Å². The van der Waals surface area contributed by atoms with Crippen LogP contribution in [0, 0.1) is 11.3 Å². The van der Waals surface area contributed by atoms with E-state index in [4.69, 9.17) is 0 Å². The predicted molar refractivity (Wildman–Crippen MR) is 109 cm³/mol. The smallest absolute Gasteiger partial charge is 0.323 e. The average Bonchev–Trinajstić information content (AvgIpc) is 2.87. The van der Waals surface area contributed by atoms with Gasteiger partial charge in [0.2, 0.25) is 5.91 Å². The Labute approximate surface area is 167 Å². The topological polar surface area (TPSA) is 69.7 Å². The van der Waals surface area contributed by atoms with Crippen molar-refractivity contribution in [3.05, 3.63) is 30.3 Å². The molecule has 1 aromatic rings. The highest BCUT2D eigenvalue weighted by Gasteiger charge is 2.53. The van der Waals surface area contributed by atoms with Crippen molar-refractivity contribution in [1.29, 1.82) is 0 Å². The minimum Gasteiger partial charge on any atom is -0.323 e. The van der Waals surface area contributed by atoms with Crippen LogP contribution in [0.4, 0.5) is 10.5 Å². The number of nitrogens with zero attached hydrogens (tertiary/aromatic N) is 2. The van der Waals surface area contributed by atoms with Crippen LogP contribution in [0.2, 0.25) is 0 Å². The third-order valence-corrected chi connectivity index (χ3v) is 6.29. The van der Waals surface area contributed by atoms with Crippen LogP contribution in [0.3, 0.4) is 0 Å². The first-order valence-corrected chi connectivity index (χ1v) is 10.2. The molecule has 0 aromatic heterocycles. The Balaban J connectivity index is 1.70. The molecule has 1 aromatic carbocycles. The minimum absolute atomic E-state index is 0.195. The van der Waals surface area contributed by atoms with Crippen molar-refractivity contribution >= 4 is 23.5 Å². The maximum absolute atomic E-state index is 13.1. The van der Waals surface area contributed by atoms with Crippen molar-refractivity contribution < 1.29 is 14.4 Å². The van der Waals surface area contributed by atoms with E-state index in [2.05, 4.69) is 26.1 Å². The van der Waals surface area contributed by atoms with Crippen LogP contribution in [0.1, 0.15) is 53.4 Å². The lowest BCUT2D eigenvalue weighted by Crippen LogP contribution is -2.51. The van der Waals surface area contributed by atoms with E-state index in [9.17, 15) is 14.4 Å². The van der Waals surface area contributed by atoms with Gasteiger partial charge in [0.05, 0.1) is 0 Å². The average molecular weight is 386 g/mol. The van der Waals surface area contributed by atoms with Crippen molar-refractivity contribution in [3.8, 4) is 0 Å². The van der Waals surface area contributed by atoms with Crippen molar-refractivity contribution in [1.82, 2.24) is 10.2 Å². The van der Waals surface area contributed by atoms with Gasteiger partial charge in [0.1, 0.15) is 12.1 Å². The number of hydrogen-bond donors (Lipinski definition) is 1. The third-order valence-electron chi connectivity index (χ3n) is 6.29. The zero-order chi connectivity index (χ0) is 20.5. The van der Waals surface area contributed by atoms with Crippen molar-refractivity contribution in [2.24, 2.45) is 11.3 Å². The fourth-order valence-corrected chi connectivity index (χ4v) is 4.47. The SMILES string of the molecule is CCN(C(=O)CN1C(=O)NC2(CCC(C(C)(C)C)CC2)C1=O)c1ccccc1. The maximum atomic E-state index is 13.1. The summed E-state index contributed by atoms with van der Waals surface area (Å²) in [5.41, 5.74) is 0.130. The maximum Gasteiger partial charge on any atom is 0.325 e. The number of amides is 4. The first-order chi connectivity index (χ1) is 13.2. The molecule has 1 saturated carbocycles. The molecule has 2 fully saturated rings. The Bertz CT molecular complexity index is 746. The molecule has 2 aliphatic rings. The van der Waals surface area contributed by atoms with E-state index in [0.29, 0.717) is 25.3 Å². The molecule has 6 heteroatoms. The quantitative estimate of drug-likeness (QED) is 0.806. The molecule has 6 nitrogen and oxygen atoms in total. The molecule has 1 spiro atoms. The molecule has 0 atom stereocenters. The summed E-state index contributed by atoms with van der Waals surface area (Å²) < 4.78 is 0. The second-order valence-electron chi connectivity index (χ2n) is 9.02. The summed E-state index contributed by atoms with van der Waals surface area (Å²) in [5, 5.41) is 2.91. The molecule has 1 heterocycles. The predicted octanol–water partition coefficient (Wildman–Crippen LogP) is 3.57. The number of rotatable bonds is 4. The van der Waals surface area contributed by atoms with Gasteiger partial charge in [0.15, 0.2) is 0 Å². The highest BCUT2D eigenvalue weighted by atomic mass is 16.2. The first-order valence-electron chi connectivity index (χ1n) is 10.2. The van der Waals surface area contributed by atoms with Crippen molar-refractivity contribution in [2.45, 2.75) is 58.9 Å². The number of imide groups is 1. The lowest BCUT2D eigenvalue weighted by atomic mass is 9.67. The highest BCUT2D eigenvalue weighted by Crippen LogP contribution is 2.43. The van der Waals surface area contributed by atoms with Gasteiger partial charge in [-0.2, -0.15) is 0 Å². The Morgan fingerprint density at radius 1 is 1.18 bits per heavy atom. The van der Waals surface area contributed by atoms with Crippen LogP contribution >= 0.6 is 0 Å². The molecule has 1 saturated heterocycles. The molecule has 1 aliphatic carbocycles. The fraction of sp³-hybridized carbons (Fsp3) is 0.591. The Morgan fingerprint density at radius 3 is 2.32 bits per heavy atom. The Kier molecular flexibility index (Phi) is 5.50. The van der Waals surface area contributed by atoms with Gasteiger partial charge in [-0.3, -0.25) is 14.5 Å². The van der Waals surface area contributed by atoms with Gasteiger partial charge in [-0.1, -0.05) is 39.0 Å². The molecule has 0 radical (unpaired) electrons. The second-order valence-corrected chi connectivity index (χ2v) is 9.02. The molecular formula is C22H31N3O3. The van der Waals surface area contributed by atoms with Crippen LogP contribution in [0.25, 0.3) is 0 Å². The number of hydrogen-bond acceptors (Lipinski definition) is 3. The molecule has 28 heavy (non-hydrogen) atoms. The van der Waals surface area contributed by atoms with Gasteiger partial charge in [0.25, 0.3) is 5.91 Å². The minimum atomic E-state index is -0.830. The van der Waals surface area contributed by atoms with Gasteiger partial charge < -0.3 is 10.2 Å². The molecule has 3 rings (SSSR count). The van der Waals surface area contributed by atoms with Crippen LogP contribution in [0.5, 0.6) is 0 Å². The lowest BCUT2D eigenvalue weighted by Gasteiger charge is -2.40. The monoisotopic (exact) mass is 385 g/mol. The Morgan fingerprint density at radius 2 is 1.79 bits per heavy atom.